The van der Waals surface area contributed by atoms with Gasteiger partial charge in [-0.2, -0.15) is 0 Å². The highest BCUT2D eigenvalue weighted by atomic mass is 35.5. The van der Waals surface area contributed by atoms with Crippen LogP contribution in [0.5, 0.6) is 0 Å². The first-order valence-corrected chi connectivity index (χ1v) is 5.55. The molecule has 108 valence electrons. The first-order valence-electron chi connectivity index (χ1n) is 5.18. The molecule has 0 aliphatic rings. The minimum atomic E-state index is -1.28. The Labute approximate surface area is 116 Å². The summed E-state index contributed by atoms with van der Waals surface area (Å²) in [5, 5.41) is 1.71. The lowest BCUT2D eigenvalue weighted by atomic mass is 10.2. The van der Waals surface area contributed by atoms with Crippen molar-refractivity contribution in [3.8, 4) is 0 Å². The van der Waals surface area contributed by atoms with Crippen LogP contribution in [-0.2, 0) is 14.3 Å². The highest BCUT2D eigenvalue weighted by Gasteiger charge is 2.17. The van der Waals surface area contributed by atoms with Crippen molar-refractivity contribution in [2.45, 2.75) is 0 Å². The molecular weight excluding hydrogens is 298 g/mol. The van der Waals surface area contributed by atoms with Gasteiger partial charge in [0, 0.05) is 0 Å². The largest absolute Gasteiger partial charge is 0.452 e. The number of hydrogen-bond acceptors (Lipinski definition) is 4. The van der Waals surface area contributed by atoms with Crippen molar-refractivity contribution >= 4 is 29.4 Å². The van der Waals surface area contributed by atoms with E-state index in [1.54, 1.807) is 0 Å². The fourth-order valence-corrected chi connectivity index (χ4v) is 1.35. The van der Waals surface area contributed by atoms with Crippen LogP contribution in [0.25, 0.3) is 0 Å². The zero-order chi connectivity index (χ0) is 15.3. The highest BCUT2D eigenvalue weighted by Crippen LogP contribution is 2.20. The van der Waals surface area contributed by atoms with E-state index in [-0.39, 0.29) is 5.02 Å². The predicted octanol–water partition coefficient (Wildman–Crippen LogP) is 0.376. The lowest BCUT2D eigenvalue weighted by molar-refractivity contribution is -0.127. The molecule has 0 spiro atoms. The molecule has 0 atom stereocenters. The van der Waals surface area contributed by atoms with Crippen molar-refractivity contribution in [1.29, 1.82) is 0 Å². The summed E-state index contributed by atoms with van der Waals surface area (Å²) >= 11 is 5.55. The Morgan fingerprint density at radius 3 is 2.45 bits per heavy atom. The summed E-state index contributed by atoms with van der Waals surface area (Å²) in [6, 6.07) is 1.17. The molecule has 0 saturated heterocycles. The van der Waals surface area contributed by atoms with E-state index in [0.29, 0.717) is 12.1 Å². The number of amides is 2. The normalized spacial score (nSPS) is 9.95. The molecule has 1 aromatic carbocycles. The summed E-state index contributed by atoms with van der Waals surface area (Å²) in [6.07, 6.45) is 0. The van der Waals surface area contributed by atoms with Crippen molar-refractivity contribution in [3.05, 3.63) is 34.4 Å². The van der Waals surface area contributed by atoms with Gasteiger partial charge in [-0.15, -0.1) is 0 Å². The van der Waals surface area contributed by atoms with E-state index in [9.17, 15) is 23.2 Å². The number of primary amides is 1. The van der Waals surface area contributed by atoms with Crippen molar-refractivity contribution in [3.63, 3.8) is 0 Å². The number of hydrogen-bond donors (Lipinski definition) is 2. The van der Waals surface area contributed by atoms with Crippen LogP contribution in [-0.4, -0.2) is 30.9 Å². The topological polar surface area (TPSA) is 98.5 Å². The molecule has 0 heterocycles. The van der Waals surface area contributed by atoms with Crippen LogP contribution in [0.2, 0.25) is 5.02 Å². The number of halogens is 3. The second-order valence-corrected chi connectivity index (χ2v) is 3.97. The van der Waals surface area contributed by atoms with Crippen LogP contribution >= 0.6 is 11.6 Å². The van der Waals surface area contributed by atoms with E-state index in [0.717, 1.165) is 0 Å². The van der Waals surface area contributed by atoms with E-state index in [2.05, 4.69) is 10.1 Å². The quantitative estimate of drug-likeness (QED) is 0.607. The third kappa shape index (κ3) is 4.47. The van der Waals surface area contributed by atoms with Crippen LogP contribution in [0, 0.1) is 11.6 Å². The molecule has 6 nitrogen and oxygen atoms in total. The summed E-state index contributed by atoms with van der Waals surface area (Å²) < 4.78 is 30.3. The van der Waals surface area contributed by atoms with Crippen molar-refractivity contribution in [1.82, 2.24) is 5.32 Å². The molecule has 3 N–H and O–H groups in total. The highest BCUT2D eigenvalue weighted by molar-refractivity contribution is 6.33. The third-order valence-corrected chi connectivity index (χ3v) is 2.34. The molecule has 0 radical (unpaired) electrons. The number of nitrogens with one attached hydrogen (secondary N) is 1. The molecule has 1 aromatic rings. The van der Waals surface area contributed by atoms with Gasteiger partial charge >= 0.3 is 5.97 Å². The number of rotatable bonds is 5. The van der Waals surface area contributed by atoms with Crippen LogP contribution in [0.3, 0.4) is 0 Å². The SMILES string of the molecule is NC(=O)CNC(=O)COC(=O)c1cc(F)c(F)cc1Cl. The maximum Gasteiger partial charge on any atom is 0.340 e. The average Bonchev–Trinajstić information content (AvgIpc) is 2.37. The van der Waals surface area contributed by atoms with Gasteiger partial charge in [0.05, 0.1) is 17.1 Å². The molecule has 0 unspecified atom stereocenters. The monoisotopic (exact) mass is 306 g/mol. The molecule has 2 amide bonds. The third-order valence-electron chi connectivity index (χ3n) is 2.02. The van der Waals surface area contributed by atoms with Gasteiger partial charge < -0.3 is 15.8 Å². The zero-order valence-electron chi connectivity index (χ0n) is 9.91. The Kier molecular flexibility index (Phi) is 5.39. The summed E-state index contributed by atoms with van der Waals surface area (Å²) in [4.78, 5) is 33.0. The molecule has 0 fully saturated rings. The lowest BCUT2D eigenvalue weighted by Gasteiger charge is -2.07. The van der Waals surface area contributed by atoms with Crippen LogP contribution in [0.1, 0.15) is 10.4 Å². The van der Waals surface area contributed by atoms with E-state index < -0.39 is 48.1 Å². The van der Waals surface area contributed by atoms with Gasteiger partial charge in [-0.3, -0.25) is 9.59 Å². The predicted molar refractivity (Wildman–Crippen MR) is 63.9 cm³/mol. The van der Waals surface area contributed by atoms with Gasteiger partial charge in [0.2, 0.25) is 5.91 Å². The number of carbonyl (C=O) groups excluding carboxylic acids is 3. The fraction of sp³-hybridized carbons (Fsp3) is 0.182. The number of carbonyl (C=O) groups is 3. The maximum absolute atomic E-state index is 13.0. The molecule has 1 rings (SSSR count). The Balaban J connectivity index is 2.61. The molecule has 0 aliphatic heterocycles. The number of ether oxygens (including phenoxy) is 1. The minimum Gasteiger partial charge on any atom is -0.452 e. The fourth-order valence-electron chi connectivity index (χ4n) is 1.12. The minimum absolute atomic E-state index is 0.355. The Morgan fingerprint density at radius 1 is 1.25 bits per heavy atom. The summed E-state index contributed by atoms with van der Waals surface area (Å²) in [5.41, 5.74) is 4.36. The van der Waals surface area contributed by atoms with Crippen LogP contribution in [0.15, 0.2) is 12.1 Å². The van der Waals surface area contributed by atoms with Gasteiger partial charge in [-0.25, -0.2) is 13.6 Å². The summed E-state index contributed by atoms with van der Waals surface area (Å²) in [5.74, 6) is -5.16. The van der Waals surface area contributed by atoms with Crippen molar-refractivity contribution < 1.29 is 27.9 Å². The van der Waals surface area contributed by atoms with E-state index in [1.165, 1.54) is 0 Å². The second-order valence-electron chi connectivity index (χ2n) is 3.57. The molecule has 0 bridgehead atoms. The van der Waals surface area contributed by atoms with Gasteiger partial charge in [0.1, 0.15) is 0 Å². The molecule has 0 saturated carbocycles. The molecular formula is C11H9ClF2N2O4. The number of benzene rings is 1. The van der Waals surface area contributed by atoms with Gasteiger partial charge in [0.15, 0.2) is 18.2 Å². The number of esters is 1. The first-order chi connectivity index (χ1) is 9.31. The Morgan fingerprint density at radius 2 is 1.85 bits per heavy atom. The lowest BCUT2D eigenvalue weighted by Crippen LogP contribution is -2.36. The van der Waals surface area contributed by atoms with Crippen LogP contribution in [0.4, 0.5) is 8.78 Å². The second kappa shape index (κ2) is 6.80. The number of nitrogens with two attached hydrogens (primary N) is 1. The summed E-state index contributed by atoms with van der Waals surface area (Å²) in [7, 11) is 0. The van der Waals surface area contributed by atoms with Gasteiger partial charge in [0.25, 0.3) is 5.91 Å². The van der Waals surface area contributed by atoms with E-state index in [4.69, 9.17) is 17.3 Å². The van der Waals surface area contributed by atoms with E-state index >= 15 is 0 Å². The van der Waals surface area contributed by atoms with Crippen molar-refractivity contribution in [2.24, 2.45) is 5.73 Å². The summed E-state index contributed by atoms with van der Waals surface area (Å²) in [6.45, 7) is -1.14. The van der Waals surface area contributed by atoms with Crippen molar-refractivity contribution in [2.75, 3.05) is 13.2 Å². The van der Waals surface area contributed by atoms with Gasteiger partial charge in [-0.05, 0) is 12.1 Å². The average molecular weight is 307 g/mol. The Bertz CT molecular complexity index is 566. The molecule has 20 heavy (non-hydrogen) atoms. The zero-order valence-corrected chi connectivity index (χ0v) is 10.7. The Hall–Kier alpha value is -2.22. The molecule has 9 heteroatoms. The van der Waals surface area contributed by atoms with Crippen LogP contribution < -0.4 is 11.1 Å². The molecule has 0 aliphatic carbocycles. The smallest absolute Gasteiger partial charge is 0.340 e. The standard InChI is InChI=1S/C11H9ClF2N2O4/c12-6-2-8(14)7(13)1-5(6)11(19)20-4-10(18)16-3-9(15)17/h1-2H,3-4H2,(H2,15,17)(H,16,18). The molecule has 0 aromatic heterocycles. The first kappa shape index (κ1) is 15.8. The van der Waals surface area contributed by atoms with E-state index in [1.807, 2.05) is 0 Å². The maximum atomic E-state index is 13.0. The van der Waals surface area contributed by atoms with Gasteiger partial charge in [-0.1, -0.05) is 11.6 Å².